The molecule has 0 spiro atoms. The summed E-state index contributed by atoms with van der Waals surface area (Å²) in [5, 5.41) is 0. The van der Waals surface area contributed by atoms with Gasteiger partial charge in [0.1, 0.15) is 22.8 Å². The molecule has 0 aromatic heterocycles. The molecule has 0 saturated heterocycles. The van der Waals surface area contributed by atoms with Crippen molar-refractivity contribution in [1.29, 1.82) is 0 Å². The zero-order valence-electron chi connectivity index (χ0n) is 19.5. The van der Waals surface area contributed by atoms with E-state index in [0.29, 0.717) is 4.90 Å². The van der Waals surface area contributed by atoms with Gasteiger partial charge in [0, 0.05) is 0 Å². The van der Waals surface area contributed by atoms with Crippen molar-refractivity contribution < 1.29 is 33.4 Å². The van der Waals surface area contributed by atoms with Gasteiger partial charge in [-0.3, -0.25) is 4.79 Å². The Bertz CT molecular complexity index is 614. The monoisotopic (exact) mass is 431 g/mol. The summed E-state index contributed by atoms with van der Waals surface area (Å²) in [6.45, 7) is 14.6. The van der Waals surface area contributed by atoms with Crippen molar-refractivity contribution in [3.63, 3.8) is 0 Å². The minimum atomic E-state index is -1.43. The average Bonchev–Trinajstić information content (AvgIpc) is 2.44. The molecule has 3 amide bonds. The van der Waals surface area contributed by atoms with Crippen molar-refractivity contribution in [2.24, 2.45) is 11.5 Å². The summed E-state index contributed by atoms with van der Waals surface area (Å²) in [7, 11) is 0. The standard InChI is InChI=1S/C20H37N3O7/c1-18(2,3)28-15(25)13(11-10-12(21)14(22)24)23(16(26)29-19(4,5)6)17(27)30-20(7,8)9/h12-13H,10-11,21H2,1-9H3,(H2,22,24)/t12?,13-/m0/s1. The highest BCUT2D eigenvalue weighted by Gasteiger charge is 2.42. The predicted octanol–water partition coefficient (Wildman–Crippen LogP) is 2.46. The minimum absolute atomic E-state index is 0.0681. The quantitative estimate of drug-likeness (QED) is 0.480. The van der Waals surface area contributed by atoms with Crippen LogP contribution in [-0.4, -0.2) is 57.8 Å². The van der Waals surface area contributed by atoms with E-state index in [2.05, 4.69) is 0 Å². The number of carbonyl (C=O) groups excluding carboxylic acids is 4. The van der Waals surface area contributed by atoms with Gasteiger partial charge in [0.05, 0.1) is 6.04 Å². The number of nitrogens with two attached hydrogens (primary N) is 2. The van der Waals surface area contributed by atoms with Gasteiger partial charge in [-0.15, -0.1) is 0 Å². The minimum Gasteiger partial charge on any atom is -0.458 e. The molecular weight excluding hydrogens is 394 g/mol. The van der Waals surface area contributed by atoms with Gasteiger partial charge in [-0.1, -0.05) is 0 Å². The Morgan fingerprint density at radius 3 is 1.40 bits per heavy atom. The number of esters is 1. The Morgan fingerprint density at radius 1 is 0.733 bits per heavy atom. The summed E-state index contributed by atoms with van der Waals surface area (Å²) in [5.41, 5.74) is 8.07. The molecule has 0 aliphatic rings. The molecule has 174 valence electrons. The maximum atomic E-state index is 12.9. The molecule has 30 heavy (non-hydrogen) atoms. The first-order valence-corrected chi connectivity index (χ1v) is 9.76. The maximum Gasteiger partial charge on any atom is 0.420 e. The Kier molecular flexibility index (Phi) is 9.31. The predicted molar refractivity (Wildman–Crippen MR) is 110 cm³/mol. The van der Waals surface area contributed by atoms with Crippen molar-refractivity contribution in [3.8, 4) is 0 Å². The molecule has 0 rings (SSSR count). The third-order valence-electron chi connectivity index (χ3n) is 3.29. The number of hydrogen-bond donors (Lipinski definition) is 2. The van der Waals surface area contributed by atoms with Crippen LogP contribution in [0.1, 0.15) is 75.2 Å². The maximum absolute atomic E-state index is 12.9. The molecule has 0 bridgehead atoms. The highest BCUT2D eigenvalue weighted by atomic mass is 16.6. The summed E-state index contributed by atoms with van der Waals surface area (Å²) in [6.07, 6.45) is -2.40. The molecule has 0 aromatic rings. The van der Waals surface area contributed by atoms with Crippen LogP contribution in [0.4, 0.5) is 9.59 Å². The Morgan fingerprint density at radius 2 is 1.10 bits per heavy atom. The van der Waals surface area contributed by atoms with Gasteiger partial charge in [0.2, 0.25) is 5.91 Å². The summed E-state index contributed by atoms with van der Waals surface area (Å²) in [6, 6.07) is -2.51. The molecule has 0 aliphatic heterocycles. The van der Waals surface area contributed by atoms with Crippen molar-refractivity contribution in [3.05, 3.63) is 0 Å². The second-order valence-corrected chi connectivity index (χ2v) is 9.97. The first kappa shape index (κ1) is 27.6. The van der Waals surface area contributed by atoms with Gasteiger partial charge in [-0.05, 0) is 75.2 Å². The number of carbonyl (C=O) groups is 4. The van der Waals surface area contributed by atoms with E-state index < -0.39 is 52.9 Å². The summed E-state index contributed by atoms with van der Waals surface area (Å²) >= 11 is 0. The van der Waals surface area contributed by atoms with Crippen LogP contribution in [0.3, 0.4) is 0 Å². The molecular formula is C20H37N3O7. The third-order valence-corrected chi connectivity index (χ3v) is 3.29. The van der Waals surface area contributed by atoms with Crippen LogP contribution >= 0.6 is 0 Å². The molecule has 10 heteroatoms. The summed E-state index contributed by atoms with van der Waals surface area (Å²) < 4.78 is 16.0. The van der Waals surface area contributed by atoms with E-state index in [1.165, 1.54) is 0 Å². The molecule has 0 aromatic carbocycles. The van der Waals surface area contributed by atoms with E-state index in [9.17, 15) is 19.2 Å². The van der Waals surface area contributed by atoms with Gasteiger partial charge < -0.3 is 25.7 Å². The van der Waals surface area contributed by atoms with Gasteiger partial charge in [0.15, 0.2) is 0 Å². The van der Waals surface area contributed by atoms with E-state index in [4.69, 9.17) is 25.7 Å². The van der Waals surface area contributed by atoms with E-state index in [1.807, 2.05) is 0 Å². The lowest BCUT2D eigenvalue weighted by Crippen LogP contribution is -2.53. The van der Waals surface area contributed by atoms with Crippen molar-refractivity contribution in [1.82, 2.24) is 4.90 Å². The number of hydrogen-bond acceptors (Lipinski definition) is 8. The fraction of sp³-hybridized carbons (Fsp3) is 0.800. The SMILES string of the molecule is CC(C)(C)OC(=O)[C@H](CCC(N)C(N)=O)N(C(=O)OC(C)(C)C)C(=O)OC(C)(C)C. The molecule has 4 N–H and O–H groups in total. The van der Waals surface area contributed by atoms with Crippen molar-refractivity contribution in [2.75, 3.05) is 0 Å². The summed E-state index contributed by atoms with van der Waals surface area (Å²) in [5.74, 6) is -1.64. The fourth-order valence-electron chi connectivity index (χ4n) is 2.15. The first-order chi connectivity index (χ1) is 13.2. The molecule has 10 nitrogen and oxygen atoms in total. The van der Waals surface area contributed by atoms with Gasteiger partial charge >= 0.3 is 18.2 Å². The average molecular weight is 432 g/mol. The lowest BCUT2D eigenvalue weighted by Gasteiger charge is -2.34. The Balaban J connectivity index is 6.11. The molecule has 0 aliphatic carbocycles. The molecule has 0 saturated carbocycles. The van der Waals surface area contributed by atoms with Crippen LogP contribution in [0.2, 0.25) is 0 Å². The Labute approximate surface area is 178 Å². The second-order valence-electron chi connectivity index (χ2n) is 9.97. The second kappa shape index (κ2) is 10.1. The highest BCUT2D eigenvalue weighted by molar-refractivity contribution is 5.94. The van der Waals surface area contributed by atoms with Crippen LogP contribution in [0.15, 0.2) is 0 Å². The summed E-state index contributed by atoms with van der Waals surface area (Å²) in [4.78, 5) is 50.5. The zero-order chi connectivity index (χ0) is 24.1. The van der Waals surface area contributed by atoms with Crippen LogP contribution in [-0.2, 0) is 23.8 Å². The Hall–Kier alpha value is -2.36. The fourth-order valence-corrected chi connectivity index (χ4v) is 2.15. The molecule has 0 heterocycles. The smallest absolute Gasteiger partial charge is 0.420 e. The zero-order valence-corrected chi connectivity index (χ0v) is 19.5. The van der Waals surface area contributed by atoms with Gasteiger partial charge in [-0.2, -0.15) is 4.90 Å². The van der Waals surface area contributed by atoms with Gasteiger partial charge in [0.25, 0.3) is 0 Å². The first-order valence-electron chi connectivity index (χ1n) is 9.76. The van der Waals surface area contributed by atoms with E-state index in [0.717, 1.165) is 0 Å². The number of nitrogens with zero attached hydrogens (tertiary/aromatic N) is 1. The molecule has 0 fully saturated rings. The van der Waals surface area contributed by atoms with E-state index in [1.54, 1.807) is 62.3 Å². The molecule has 2 atom stereocenters. The number of rotatable bonds is 6. The van der Waals surface area contributed by atoms with Crippen LogP contribution in [0.5, 0.6) is 0 Å². The van der Waals surface area contributed by atoms with Crippen LogP contribution < -0.4 is 11.5 Å². The van der Waals surface area contributed by atoms with Crippen molar-refractivity contribution in [2.45, 2.75) is 104 Å². The van der Waals surface area contributed by atoms with E-state index >= 15 is 0 Å². The van der Waals surface area contributed by atoms with Gasteiger partial charge in [-0.25, -0.2) is 14.4 Å². The highest BCUT2D eigenvalue weighted by Crippen LogP contribution is 2.22. The third kappa shape index (κ3) is 11.0. The number of ether oxygens (including phenoxy) is 3. The lowest BCUT2D eigenvalue weighted by molar-refractivity contribution is -0.161. The van der Waals surface area contributed by atoms with Crippen LogP contribution in [0, 0.1) is 0 Å². The van der Waals surface area contributed by atoms with Crippen LogP contribution in [0.25, 0.3) is 0 Å². The number of primary amides is 1. The lowest BCUT2D eigenvalue weighted by atomic mass is 10.0. The number of imide groups is 1. The largest absolute Gasteiger partial charge is 0.458 e. The topological polar surface area (TPSA) is 151 Å². The van der Waals surface area contributed by atoms with Crippen molar-refractivity contribution >= 4 is 24.1 Å². The van der Waals surface area contributed by atoms with E-state index in [-0.39, 0.29) is 12.8 Å². The number of amides is 3. The molecule has 0 radical (unpaired) electrons. The molecule has 1 unspecified atom stereocenters. The normalized spacial score (nSPS) is 14.3.